The summed E-state index contributed by atoms with van der Waals surface area (Å²) in [7, 11) is 5.96. The maximum atomic E-state index is 5.89. The second-order valence-electron chi connectivity index (χ2n) is 3.43. The summed E-state index contributed by atoms with van der Waals surface area (Å²) in [4.78, 5) is 0. The van der Waals surface area contributed by atoms with E-state index < -0.39 is 0 Å². The molecule has 0 aliphatic rings. The van der Waals surface area contributed by atoms with Gasteiger partial charge in [-0.15, -0.1) is 0 Å². The van der Waals surface area contributed by atoms with Crippen LogP contribution in [0.5, 0.6) is 0 Å². The van der Waals surface area contributed by atoms with Gasteiger partial charge in [0.1, 0.15) is 0 Å². The number of hydrogen-bond acceptors (Lipinski definition) is 3. The van der Waals surface area contributed by atoms with Crippen LogP contribution in [0.15, 0.2) is 18.2 Å². The van der Waals surface area contributed by atoms with Crippen LogP contribution < -0.4 is 10.7 Å². The Morgan fingerprint density at radius 1 is 1.15 bits per heavy atom. The zero-order valence-corrected chi connectivity index (χ0v) is 8.70. The fourth-order valence-electron chi connectivity index (χ4n) is 1.18. The van der Waals surface area contributed by atoms with E-state index in [-0.39, 0.29) is 0 Å². The summed E-state index contributed by atoms with van der Waals surface area (Å²) in [6.45, 7) is 2.04. The molecule has 0 saturated heterocycles. The monoisotopic (exact) mass is 179 g/mol. The number of nitrogens with zero attached hydrogens (tertiary/aromatic N) is 2. The van der Waals surface area contributed by atoms with E-state index in [1.807, 2.05) is 50.2 Å². The lowest BCUT2D eigenvalue weighted by Gasteiger charge is -2.27. The summed E-state index contributed by atoms with van der Waals surface area (Å²) < 4.78 is 0. The summed E-state index contributed by atoms with van der Waals surface area (Å²) in [6.07, 6.45) is 0. The van der Waals surface area contributed by atoms with Gasteiger partial charge >= 0.3 is 0 Å². The van der Waals surface area contributed by atoms with E-state index in [2.05, 4.69) is 6.07 Å². The molecule has 0 heterocycles. The van der Waals surface area contributed by atoms with Crippen molar-refractivity contribution in [2.75, 3.05) is 31.9 Å². The van der Waals surface area contributed by atoms with Crippen LogP contribution in [0.1, 0.15) is 5.56 Å². The lowest BCUT2D eigenvalue weighted by molar-refractivity contribution is 0.398. The fourth-order valence-corrected chi connectivity index (χ4v) is 1.18. The van der Waals surface area contributed by atoms with Gasteiger partial charge in [0.15, 0.2) is 0 Å². The van der Waals surface area contributed by atoms with Gasteiger partial charge < -0.3 is 10.7 Å². The van der Waals surface area contributed by atoms with Crippen LogP contribution in [0.25, 0.3) is 0 Å². The minimum absolute atomic E-state index is 0.816. The third-order valence-corrected chi connectivity index (χ3v) is 2.13. The Morgan fingerprint density at radius 3 is 2.23 bits per heavy atom. The van der Waals surface area contributed by atoms with Crippen molar-refractivity contribution in [2.45, 2.75) is 6.92 Å². The van der Waals surface area contributed by atoms with E-state index in [1.165, 1.54) is 5.56 Å². The quantitative estimate of drug-likeness (QED) is 0.551. The normalized spacial score (nSPS) is 10.5. The Balaban J connectivity index is 3.01. The number of aryl methyl sites for hydroxylation is 1. The average Bonchev–Trinajstić information content (AvgIpc) is 2.03. The molecule has 1 aromatic carbocycles. The van der Waals surface area contributed by atoms with E-state index >= 15 is 0 Å². The largest absolute Gasteiger partial charge is 0.397 e. The second-order valence-corrected chi connectivity index (χ2v) is 3.43. The first-order chi connectivity index (χ1) is 6.02. The standard InChI is InChI=1S/C10H17N3/c1-8-5-6-10(9(11)7-8)13(4)12(2)3/h5-7H,11H2,1-4H3. The van der Waals surface area contributed by atoms with Crippen LogP contribution in [0.4, 0.5) is 11.4 Å². The zero-order valence-electron chi connectivity index (χ0n) is 8.70. The summed E-state index contributed by atoms with van der Waals surface area (Å²) in [5.41, 5.74) is 8.93. The van der Waals surface area contributed by atoms with Crippen molar-refractivity contribution in [1.29, 1.82) is 0 Å². The van der Waals surface area contributed by atoms with Crippen molar-refractivity contribution in [3.05, 3.63) is 23.8 Å². The smallest absolute Gasteiger partial charge is 0.0748 e. The van der Waals surface area contributed by atoms with Crippen LogP contribution in [-0.4, -0.2) is 26.2 Å². The number of nitrogen functional groups attached to an aromatic ring is 1. The molecule has 0 saturated carbocycles. The molecule has 1 aromatic rings. The van der Waals surface area contributed by atoms with Crippen LogP contribution in [-0.2, 0) is 0 Å². The van der Waals surface area contributed by atoms with Gasteiger partial charge in [-0.25, -0.2) is 5.01 Å². The molecule has 0 radical (unpaired) electrons. The predicted octanol–water partition coefficient (Wildman–Crippen LogP) is 1.49. The number of anilines is 2. The molecule has 0 amide bonds. The molecular weight excluding hydrogens is 162 g/mol. The summed E-state index contributed by atoms with van der Waals surface area (Å²) in [5, 5.41) is 4.00. The van der Waals surface area contributed by atoms with Gasteiger partial charge in [0, 0.05) is 21.1 Å². The van der Waals surface area contributed by atoms with Crippen LogP contribution in [0.2, 0.25) is 0 Å². The van der Waals surface area contributed by atoms with Crippen molar-refractivity contribution in [3.63, 3.8) is 0 Å². The average molecular weight is 179 g/mol. The van der Waals surface area contributed by atoms with Crippen LogP contribution >= 0.6 is 0 Å². The molecule has 0 spiro atoms. The van der Waals surface area contributed by atoms with E-state index in [0.717, 1.165) is 11.4 Å². The lowest BCUT2D eigenvalue weighted by Crippen LogP contribution is -2.33. The van der Waals surface area contributed by atoms with Crippen molar-refractivity contribution in [3.8, 4) is 0 Å². The van der Waals surface area contributed by atoms with Gasteiger partial charge in [-0.3, -0.25) is 0 Å². The molecule has 3 heteroatoms. The molecule has 0 aliphatic heterocycles. The topological polar surface area (TPSA) is 32.5 Å². The van der Waals surface area contributed by atoms with E-state index in [4.69, 9.17) is 5.73 Å². The van der Waals surface area contributed by atoms with Gasteiger partial charge in [0.25, 0.3) is 0 Å². The van der Waals surface area contributed by atoms with Crippen LogP contribution in [0.3, 0.4) is 0 Å². The van der Waals surface area contributed by atoms with Crippen LogP contribution in [0, 0.1) is 6.92 Å². The highest BCUT2D eigenvalue weighted by molar-refractivity contribution is 5.67. The van der Waals surface area contributed by atoms with E-state index in [9.17, 15) is 0 Å². The Morgan fingerprint density at radius 2 is 1.77 bits per heavy atom. The first-order valence-corrected chi connectivity index (χ1v) is 4.29. The summed E-state index contributed by atoms with van der Waals surface area (Å²) in [6, 6.07) is 6.08. The minimum atomic E-state index is 0.816. The number of benzene rings is 1. The molecule has 0 bridgehead atoms. The van der Waals surface area contributed by atoms with Crippen molar-refractivity contribution >= 4 is 11.4 Å². The summed E-state index contributed by atoms with van der Waals surface area (Å²) in [5.74, 6) is 0. The second kappa shape index (κ2) is 3.66. The fraction of sp³-hybridized carbons (Fsp3) is 0.400. The van der Waals surface area contributed by atoms with E-state index in [1.54, 1.807) is 0 Å². The zero-order chi connectivity index (χ0) is 10.0. The third kappa shape index (κ3) is 2.12. The highest BCUT2D eigenvalue weighted by atomic mass is 15.6. The molecule has 0 aliphatic carbocycles. The number of nitrogens with two attached hydrogens (primary N) is 1. The highest BCUT2D eigenvalue weighted by Crippen LogP contribution is 2.23. The summed E-state index contributed by atoms with van der Waals surface area (Å²) >= 11 is 0. The Bertz CT molecular complexity index is 294. The van der Waals surface area contributed by atoms with Gasteiger partial charge in [-0.2, -0.15) is 0 Å². The molecule has 72 valence electrons. The molecule has 0 fully saturated rings. The first-order valence-electron chi connectivity index (χ1n) is 4.29. The van der Waals surface area contributed by atoms with Gasteiger partial charge in [0.2, 0.25) is 0 Å². The molecule has 13 heavy (non-hydrogen) atoms. The SMILES string of the molecule is Cc1ccc(N(C)N(C)C)c(N)c1. The third-order valence-electron chi connectivity index (χ3n) is 2.13. The van der Waals surface area contributed by atoms with Crippen molar-refractivity contribution in [1.82, 2.24) is 5.01 Å². The number of hydrogen-bond donors (Lipinski definition) is 1. The predicted molar refractivity (Wildman–Crippen MR) is 57.7 cm³/mol. The molecule has 0 unspecified atom stereocenters. The Kier molecular flexibility index (Phi) is 2.78. The minimum Gasteiger partial charge on any atom is -0.397 e. The van der Waals surface area contributed by atoms with Crippen molar-refractivity contribution in [2.24, 2.45) is 0 Å². The maximum Gasteiger partial charge on any atom is 0.0748 e. The Hall–Kier alpha value is -1.22. The molecular formula is C10H17N3. The lowest BCUT2D eigenvalue weighted by atomic mass is 10.2. The maximum absolute atomic E-state index is 5.89. The van der Waals surface area contributed by atoms with E-state index in [0.29, 0.717) is 0 Å². The Labute approximate surface area is 79.7 Å². The molecule has 2 N–H and O–H groups in total. The van der Waals surface area contributed by atoms with Crippen molar-refractivity contribution < 1.29 is 0 Å². The molecule has 0 aromatic heterocycles. The number of hydrazine groups is 1. The highest BCUT2D eigenvalue weighted by Gasteiger charge is 2.06. The molecule has 1 rings (SSSR count). The number of rotatable bonds is 2. The van der Waals surface area contributed by atoms with Gasteiger partial charge in [-0.1, -0.05) is 6.07 Å². The molecule has 0 atom stereocenters. The van der Waals surface area contributed by atoms with Gasteiger partial charge in [-0.05, 0) is 24.6 Å². The molecule has 3 nitrogen and oxygen atoms in total. The van der Waals surface area contributed by atoms with Gasteiger partial charge in [0.05, 0.1) is 11.4 Å². The first kappa shape index (κ1) is 9.86.